The highest BCUT2D eigenvalue weighted by molar-refractivity contribution is 7.91. The van der Waals surface area contributed by atoms with Gasteiger partial charge in [-0.05, 0) is 24.5 Å². The second kappa shape index (κ2) is 6.91. The molecular weight excluding hydrogens is 260 g/mol. The third-order valence-corrected chi connectivity index (χ3v) is 5.05. The minimum absolute atomic E-state index is 0.00179. The van der Waals surface area contributed by atoms with Crippen LogP contribution in [-0.2, 0) is 9.84 Å². The van der Waals surface area contributed by atoms with E-state index in [-0.39, 0.29) is 11.8 Å². The van der Waals surface area contributed by atoms with Gasteiger partial charge in [-0.1, -0.05) is 32.9 Å². The normalized spacial score (nSPS) is 13.5. The van der Waals surface area contributed by atoms with E-state index in [1.165, 1.54) is 0 Å². The lowest BCUT2D eigenvalue weighted by Crippen LogP contribution is -2.34. The molecule has 0 spiro atoms. The van der Waals surface area contributed by atoms with Crippen LogP contribution in [0, 0.1) is 5.92 Å². The predicted octanol–water partition coefficient (Wildman–Crippen LogP) is 2.27. The molecule has 1 aromatic carbocycles. The van der Waals surface area contributed by atoms with Crippen molar-refractivity contribution in [3.63, 3.8) is 0 Å². The molecule has 0 heterocycles. The molecular formula is C14H24N2O2S. The Balaban J connectivity index is 2.91. The van der Waals surface area contributed by atoms with E-state index in [0.717, 1.165) is 0 Å². The number of para-hydroxylation sites is 1. The van der Waals surface area contributed by atoms with Crippen molar-refractivity contribution in [3.8, 4) is 0 Å². The fourth-order valence-corrected chi connectivity index (χ4v) is 3.24. The van der Waals surface area contributed by atoms with Gasteiger partial charge in [0, 0.05) is 12.6 Å². The highest BCUT2D eigenvalue weighted by Crippen LogP contribution is 2.22. The molecule has 19 heavy (non-hydrogen) atoms. The van der Waals surface area contributed by atoms with Gasteiger partial charge in [0.1, 0.15) is 0 Å². The molecule has 1 unspecified atom stereocenters. The predicted molar refractivity (Wildman–Crippen MR) is 80.1 cm³/mol. The number of sulfone groups is 1. The maximum atomic E-state index is 12.2. The van der Waals surface area contributed by atoms with Crippen LogP contribution < -0.4 is 11.1 Å². The number of benzene rings is 1. The minimum Gasteiger partial charge on any atom is -0.382 e. The highest BCUT2D eigenvalue weighted by Gasteiger charge is 2.17. The fourth-order valence-electron chi connectivity index (χ4n) is 1.73. The van der Waals surface area contributed by atoms with Crippen molar-refractivity contribution < 1.29 is 8.42 Å². The zero-order valence-corrected chi connectivity index (χ0v) is 12.7. The van der Waals surface area contributed by atoms with Gasteiger partial charge in [-0.2, -0.15) is 0 Å². The lowest BCUT2D eigenvalue weighted by atomic mass is 10.1. The molecule has 3 N–H and O–H groups in total. The molecule has 0 radical (unpaired) electrons. The average Bonchev–Trinajstić information content (AvgIpc) is 2.36. The molecule has 0 aromatic heterocycles. The van der Waals surface area contributed by atoms with Gasteiger partial charge in [-0.3, -0.25) is 0 Å². The van der Waals surface area contributed by atoms with Crippen molar-refractivity contribution >= 4 is 15.5 Å². The van der Waals surface area contributed by atoms with Crippen LogP contribution in [0.2, 0.25) is 0 Å². The molecule has 1 rings (SSSR count). The molecule has 0 aliphatic heterocycles. The van der Waals surface area contributed by atoms with Crippen molar-refractivity contribution in [2.24, 2.45) is 11.7 Å². The van der Waals surface area contributed by atoms with Crippen LogP contribution >= 0.6 is 0 Å². The number of rotatable bonds is 7. The summed E-state index contributed by atoms with van der Waals surface area (Å²) in [5.41, 5.74) is 6.62. The molecule has 5 heteroatoms. The Labute approximate surface area is 116 Å². The first-order chi connectivity index (χ1) is 8.88. The number of nitrogens with two attached hydrogens (primary N) is 1. The lowest BCUT2D eigenvalue weighted by molar-refractivity contribution is 0.511. The first kappa shape index (κ1) is 16.0. The summed E-state index contributed by atoms with van der Waals surface area (Å²) >= 11 is 0. The Morgan fingerprint density at radius 1 is 1.26 bits per heavy atom. The fraction of sp³-hybridized carbons (Fsp3) is 0.571. The summed E-state index contributed by atoms with van der Waals surface area (Å²) in [6.45, 7) is 6.52. The summed E-state index contributed by atoms with van der Waals surface area (Å²) in [7, 11) is -3.21. The van der Waals surface area contributed by atoms with Crippen molar-refractivity contribution in [1.29, 1.82) is 0 Å². The third kappa shape index (κ3) is 4.51. The molecule has 4 nitrogen and oxygen atoms in total. The van der Waals surface area contributed by atoms with E-state index in [4.69, 9.17) is 5.73 Å². The standard InChI is InChI=1S/C14H24N2O2S/c1-4-9-19(17,18)14-8-6-5-7-13(14)16-10-12(15)11(2)3/h5-8,11-12,16H,4,9-10,15H2,1-3H3. The summed E-state index contributed by atoms with van der Waals surface area (Å²) in [4.78, 5) is 0.368. The van der Waals surface area contributed by atoms with Gasteiger partial charge in [0.15, 0.2) is 9.84 Å². The number of hydrogen-bond acceptors (Lipinski definition) is 4. The van der Waals surface area contributed by atoms with Crippen molar-refractivity contribution in [2.75, 3.05) is 17.6 Å². The maximum absolute atomic E-state index is 12.2. The summed E-state index contributed by atoms with van der Waals surface area (Å²) in [5.74, 6) is 0.522. The monoisotopic (exact) mass is 284 g/mol. The molecule has 0 saturated heterocycles. The highest BCUT2D eigenvalue weighted by atomic mass is 32.2. The average molecular weight is 284 g/mol. The van der Waals surface area contributed by atoms with Crippen LogP contribution in [0.25, 0.3) is 0 Å². The molecule has 1 aromatic rings. The van der Waals surface area contributed by atoms with E-state index in [9.17, 15) is 8.42 Å². The smallest absolute Gasteiger partial charge is 0.180 e. The van der Waals surface area contributed by atoms with E-state index in [0.29, 0.717) is 29.5 Å². The summed E-state index contributed by atoms with van der Waals surface area (Å²) < 4.78 is 24.3. The Bertz CT molecular complexity index is 498. The molecule has 0 amide bonds. The second-order valence-electron chi connectivity index (χ2n) is 5.10. The van der Waals surface area contributed by atoms with E-state index in [1.54, 1.807) is 18.2 Å². The first-order valence-corrected chi connectivity index (χ1v) is 8.35. The van der Waals surface area contributed by atoms with Gasteiger partial charge in [0.25, 0.3) is 0 Å². The van der Waals surface area contributed by atoms with Crippen LogP contribution in [0.3, 0.4) is 0 Å². The van der Waals surface area contributed by atoms with Gasteiger partial charge in [-0.25, -0.2) is 8.42 Å². The SMILES string of the molecule is CCCS(=O)(=O)c1ccccc1NCC(N)C(C)C. The molecule has 0 saturated carbocycles. The zero-order valence-electron chi connectivity index (χ0n) is 11.9. The maximum Gasteiger partial charge on any atom is 0.180 e. The number of hydrogen-bond donors (Lipinski definition) is 2. The number of nitrogens with one attached hydrogen (secondary N) is 1. The Morgan fingerprint density at radius 2 is 1.89 bits per heavy atom. The van der Waals surface area contributed by atoms with Crippen LogP contribution in [0.5, 0.6) is 0 Å². The van der Waals surface area contributed by atoms with Crippen LogP contribution in [-0.4, -0.2) is 26.8 Å². The van der Waals surface area contributed by atoms with Gasteiger partial charge in [0.05, 0.1) is 16.3 Å². The van der Waals surface area contributed by atoms with Crippen molar-refractivity contribution in [3.05, 3.63) is 24.3 Å². The summed E-state index contributed by atoms with van der Waals surface area (Å²) in [5, 5.41) is 3.15. The molecule has 1 atom stereocenters. The lowest BCUT2D eigenvalue weighted by Gasteiger charge is -2.18. The molecule has 0 aliphatic rings. The zero-order chi connectivity index (χ0) is 14.5. The molecule has 108 valence electrons. The van der Waals surface area contributed by atoms with Crippen molar-refractivity contribution in [1.82, 2.24) is 0 Å². The van der Waals surface area contributed by atoms with Crippen LogP contribution in [0.4, 0.5) is 5.69 Å². The second-order valence-corrected chi connectivity index (χ2v) is 7.18. The van der Waals surface area contributed by atoms with E-state index in [1.807, 2.05) is 26.8 Å². The number of anilines is 1. The largest absolute Gasteiger partial charge is 0.382 e. The Hall–Kier alpha value is -1.07. The third-order valence-electron chi connectivity index (χ3n) is 3.08. The van der Waals surface area contributed by atoms with Gasteiger partial charge >= 0.3 is 0 Å². The van der Waals surface area contributed by atoms with Gasteiger partial charge < -0.3 is 11.1 Å². The first-order valence-electron chi connectivity index (χ1n) is 6.69. The molecule has 0 fully saturated rings. The van der Waals surface area contributed by atoms with E-state index < -0.39 is 9.84 Å². The molecule has 0 aliphatic carbocycles. The van der Waals surface area contributed by atoms with E-state index >= 15 is 0 Å². The molecule has 0 bridgehead atoms. The quantitative estimate of drug-likeness (QED) is 0.805. The summed E-state index contributed by atoms with van der Waals surface area (Å²) in [6, 6.07) is 7.01. The van der Waals surface area contributed by atoms with E-state index in [2.05, 4.69) is 5.32 Å². The van der Waals surface area contributed by atoms with Crippen molar-refractivity contribution in [2.45, 2.75) is 38.1 Å². The Kier molecular flexibility index (Phi) is 5.82. The van der Waals surface area contributed by atoms with Gasteiger partial charge in [-0.15, -0.1) is 0 Å². The minimum atomic E-state index is -3.21. The summed E-state index contributed by atoms with van der Waals surface area (Å²) in [6.07, 6.45) is 0.613. The topological polar surface area (TPSA) is 72.2 Å². The Morgan fingerprint density at radius 3 is 2.47 bits per heavy atom. The van der Waals surface area contributed by atoms with Crippen LogP contribution in [0.15, 0.2) is 29.2 Å². The van der Waals surface area contributed by atoms with Crippen LogP contribution in [0.1, 0.15) is 27.2 Å². The van der Waals surface area contributed by atoms with Gasteiger partial charge in [0.2, 0.25) is 0 Å².